The third-order valence-corrected chi connectivity index (χ3v) is 3.45. The number of rotatable bonds is 2. The van der Waals surface area contributed by atoms with E-state index >= 15 is 0 Å². The summed E-state index contributed by atoms with van der Waals surface area (Å²) in [6, 6.07) is 6.88. The maximum atomic E-state index is 12.1. The van der Waals surface area contributed by atoms with Crippen LogP contribution in [0.15, 0.2) is 18.2 Å². The Kier molecular flexibility index (Phi) is 3.85. The van der Waals surface area contributed by atoms with Gasteiger partial charge in [-0.3, -0.25) is 4.79 Å². The molecule has 2 unspecified atom stereocenters. The summed E-state index contributed by atoms with van der Waals surface area (Å²) in [7, 11) is 0. The van der Waals surface area contributed by atoms with Gasteiger partial charge in [-0.05, 0) is 30.7 Å². The molecule has 4 nitrogen and oxygen atoms in total. The molecule has 2 atom stereocenters. The standard InChI is InChI=1S/C13H14ClN3O/c1-8-6-16-7-11(8)13(18)17-12-4-10(14)3-2-9(12)5-15/h2-4,8,11,16H,6-7H2,1H3,(H,17,18). The van der Waals surface area contributed by atoms with Crippen LogP contribution in [0.3, 0.4) is 0 Å². The lowest BCUT2D eigenvalue weighted by molar-refractivity contribution is -0.120. The van der Waals surface area contributed by atoms with Gasteiger partial charge in [0.15, 0.2) is 0 Å². The van der Waals surface area contributed by atoms with Crippen molar-refractivity contribution in [2.24, 2.45) is 11.8 Å². The zero-order valence-electron chi connectivity index (χ0n) is 10.0. The first-order valence-electron chi connectivity index (χ1n) is 5.83. The average molecular weight is 264 g/mol. The highest BCUT2D eigenvalue weighted by Crippen LogP contribution is 2.23. The molecule has 0 aliphatic carbocycles. The van der Waals surface area contributed by atoms with Gasteiger partial charge in [-0.25, -0.2) is 0 Å². The fraction of sp³-hybridized carbons (Fsp3) is 0.385. The number of hydrogen-bond donors (Lipinski definition) is 2. The molecular formula is C13H14ClN3O. The van der Waals surface area contributed by atoms with Crippen LogP contribution < -0.4 is 10.6 Å². The maximum Gasteiger partial charge on any atom is 0.229 e. The molecule has 1 fully saturated rings. The second-order valence-corrected chi connectivity index (χ2v) is 4.97. The number of nitrogens with zero attached hydrogens (tertiary/aromatic N) is 1. The largest absolute Gasteiger partial charge is 0.325 e. The number of halogens is 1. The molecule has 0 saturated carbocycles. The highest BCUT2D eigenvalue weighted by atomic mass is 35.5. The molecule has 1 heterocycles. The number of amides is 1. The fourth-order valence-corrected chi connectivity index (χ4v) is 2.28. The zero-order chi connectivity index (χ0) is 13.1. The first-order valence-corrected chi connectivity index (χ1v) is 6.21. The Morgan fingerprint density at radius 1 is 1.56 bits per heavy atom. The minimum atomic E-state index is -0.0636. The molecule has 18 heavy (non-hydrogen) atoms. The predicted molar refractivity (Wildman–Crippen MR) is 70.3 cm³/mol. The monoisotopic (exact) mass is 263 g/mol. The highest BCUT2D eigenvalue weighted by molar-refractivity contribution is 6.31. The summed E-state index contributed by atoms with van der Waals surface area (Å²) in [4.78, 5) is 12.1. The van der Waals surface area contributed by atoms with Crippen LogP contribution in [0.5, 0.6) is 0 Å². The second kappa shape index (κ2) is 5.38. The van der Waals surface area contributed by atoms with E-state index in [4.69, 9.17) is 16.9 Å². The zero-order valence-corrected chi connectivity index (χ0v) is 10.8. The van der Waals surface area contributed by atoms with Crippen molar-refractivity contribution >= 4 is 23.2 Å². The minimum absolute atomic E-state index is 0.0597. The van der Waals surface area contributed by atoms with Gasteiger partial charge in [0, 0.05) is 11.6 Å². The van der Waals surface area contributed by atoms with Crippen LogP contribution >= 0.6 is 11.6 Å². The summed E-state index contributed by atoms with van der Waals surface area (Å²) < 4.78 is 0. The minimum Gasteiger partial charge on any atom is -0.325 e. The van der Waals surface area contributed by atoms with Gasteiger partial charge >= 0.3 is 0 Å². The molecule has 1 aliphatic rings. The van der Waals surface area contributed by atoms with E-state index in [0.29, 0.717) is 28.7 Å². The second-order valence-electron chi connectivity index (χ2n) is 4.53. The lowest BCUT2D eigenvalue weighted by atomic mass is 9.97. The molecule has 1 aromatic rings. The van der Waals surface area contributed by atoms with Crippen molar-refractivity contribution in [3.8, 4) is 6.07 Å². The van der Waals surface area contributed by atoms with Crippen molar-refractivity contribution in [3.05, 3.63) is 28.8 Å². The van der Waals surface area contributed by atoms with Crippen molar-refractivity contribution in [1.29, 1.82) is 5.26 Å². The van der Waals surface area contributed by atoms with E-state index in [1.54, 1.807) is 18.2 Å². The van der Waals surface area contributed by atoms with Crippen molar-refractivity contribution in [3.63, 3.8) is 0 Å². The van der Waals surface area contributed by atoms with E-state index in [-0.39, 0.29) is 11.8 Å². The van der Waals surface area contributed by atoms with E-state index in [9.17, 15) is 4.79 Å². The SMILES string of the molecule is CC1CNCC1C(=O)Nc1cc(Cl)ccc1C#N. The van der Waals surface area contributed by atoms with Crippen LogP contribution in [0.25, 0.3) is 0 Å². The number of benzene rings is 1. The Morgan fingerprint density at radius 2 is 2.33 bits per heavy atom. The Morgan fingerprint density at radius 3 is 2.94 bits per heavy atom. The first-order chi connectivity index (χ1) is 8.61. The summed E-state index contributed by atoms with van der Waals surface area (Å²) in [5.74, 6) is 0.177. The Balaban J connectivity index is 2.16. The van der Waals surface area contributed by atoms with Gasteiger partial charge in [-0.15, -0.1) is 0 Å². The number of carbonyl (C=O) groups excluding carboxylic acids is 1. The summed E-state index contributed by atoms with van der Waals surface area (Å²) in [6.45, 7) is 3.56. The molecule has 2 rings (SSSR count). The molecule has 0 aromatic heterocycles. The molecule has 1 aliphatic heterocycles. The molecule has 0 bridgehead atoms. The quantitative estimate of drug-likeness (QED) is 0.858. The van der Waals surface area contributed by atoms with Gasteiger partial charge in [0.1, 0.15) is 6.07 Å². The van der Waals surface area contributed by atoms with Crippen LogP contribution in [0.2, 0.25) is 5.02 Å². The first kappa shape index (κ1) is 12.9. The van der Waals surface area contributed by atoms with E-state index in [1.807, 2.05) is 13.0 Å². The smallest absolute Gasteiger partial charge is 0.229 e. The van der Waals surface area contributed by atoms with Gasteiger partial charge in [-0.1, -0.05) is 18.5 Å². The van der Waals surface area contributed by atoms with Gasteiger partial charge in [0.05, 0.1) is 17.2 Å². The van der Waals surface area contributed by atoms with E-state index in [2.05, 4.69) is 10.6 Å². The van der Waals surface area contributed by atoms with Crippen LogP contribution in [-0.4, -0.2) is 19.0 Å². The van der Waals surface area contributed by atoms with E-state index < -0.39 is 0 Å². The molecule has 1 aromatic carbocycles. The maximum absolute atomic E-state index is 12.1. The Hall–Kier alpha value is -1.57. The highest BCUT2D eigenvalue weighted by Gasteiger charge is 2.29. The lowest BCUT2D eigenvalue weighted by Gasteiger charge is -2.15. The van der Waals surface area contributed by atoms with Crippen molar-refractivity contribution in [2.75, 3.05) is 18.4 Å². The Bertz CT molecular complexity index is 509. The normalized spacial score (nSPS) is 22.5. The van der Waals surface area contributed by atoms with Gasteiger partial charge < -0.3 is 10.6 Å². The molecule has 1 amide bonds. The third kappa shape index (κ3) is 2.63. The summed E-state index contributed by atoms with van der Waals surface area (Å²) in [6.07, 6.45) is 0. The number of nitrogens with one attached hydrogen (secondary N) is 2. The van der Waals surface area contributed by atoms with Crippen LogP contribution in [0, 0.1) is 23.2 Å². The predicted octanol–water partition coefficient (Wildman–Crippen LogP) is 2.01. The van der Waals surface area contributed by atoms with Crippen molar-refractivity contribution in [1.82, 2.24) is 5.32 Å². The van der Waals surface area contributed by atoms with Crippen molar-refractivity contribution in [2.45, 2.75) is 6.92 Å². The molecule has 94 valence electrons. The molecule has 5 heteroatoms. The van der Waals surface area contributed by atoms with Crippen LogP contribution in [0.1, 0.15) is 12.5 Å². The van der Waals surface area contributed by atoms with Gasteiger partial charge in [-0.2, -0.15) is 5.26 Å². The molecule has 1 saturated heterocycles. The average Bonchev–Trinajstić information content (AvgIpc) is 2.76. The number of nitriles is 1. The fourth-order valence-electron chi connectivity index (χ4n) is 2.10. The number of hydrogen-bond acceptors (Lipinski definition) is 3. The molecule has 0 spiro atoms. The van der Waals surface area contributed by atoms with E-state index in [0.717, 1.165) is 6.54 Å². The molecule has 2 N–H and O–H groups in total. The summed E-state index contributed by atoms with van der Waals surface area (Å²) in [5.41, 5.74) is 0.903. The van der Waals surface area contributed by atoms with Crippen LogP contribution in [0.4, 0.5) is 5.69 Å². The molecule has 0 radical (unpaired) electrons. The van der Waals surface area contributed by atoms with Crippen LogP contribution in [-0.2, 0) is 4.79 Å². The summed E-state index contributed by atoms with van der Waals surface area (Å²) in [5, 5.41) is 15.5. The topological polar surface area (TPSA) is 64.9 Å². The number of anilines is 1. The lowest BCUT2D eigenvalue weighted by Crippen LogP contribution is -2.28. The van der Waals surface area contributed by atoms with Crippen molar-refractivity contribution < 1.29 is 4.79 Å². The Labute approximate surface area is 111 Å². The number of carbonyl (C=O) groups is 1. The van der Waals surface area contributed by atoms with Gasteiger partial charge in [0.25, 0.3) is 0 Å². The third-order valence-electron chi connectivity index (χ3n) is 3.21. The van der Waals surface area contributed by atoms with Gasteiger partial charge in [0.2, 0.25) is 5.91 Å². The van der Waals surface area contributed by atoms with E-state index in [1.165, 1.54) is 0 Å². The molecular weight excluding hydrogens is 250 g/mol. The summed E-state index contributed by atoms with van der Waals surface area (Å²) >= 11 is 5.87.